The zero-order valence-electron chi connectivity index (χ0n) is 13.7. The van der Waals surface area contributed by atoms with Crippen LogP contribution in [0, 0.1) is 0 Å². The molecule has 1 saturated heterocycles. The summed E-state index contributed by atoms with van der Waals surface area (Å²) < 4.78 is 5.35. The summed E-state index contributed by atoms with van der Waals surface area (Å²) in [5.74, 6) is 1.08. The number of ether oxygens (including phenoxy) is 1. The van der Waals surface area contributed by atoms with Gasteiger partial charge < -0.3 is 15.0 Å². The van der Waals surface area contributed by atoms with Crippen LogP contribution in [-0.4, -0.2) is 37.2 Å². The van der Waals surface area contributed by atoms with E-state index in [0.29, 0.717) is 13.0 Å². The maximum absolute atomic E-state index is 11.9. The van der Waals surface area contributed by atoms with Gasteiger partial charge in [-0.3, -0.25) is 4.79 Å². The van der Waals surface area contributed by atoms with Gasteiger partial charge in [0.1, 0.15) is 5.82 Å². The summed E-state index contributed by atoms with van der Waals surface area (Å²) in [6, 6.07) is 8.21. The van der Waals surface area contributed by atoms with Crippen LogP contribution in [0.25, 0.3) is 0 Å². The predicted octanol–water partition coefficient (Wildman–Crippen LogP) is 2.62. The van der Waals surface area contributed by atoms with Crippen LogP contribution in [0.2, 0.25) is 0 Å². The summed E-state index contributed by atoms with van der Waals surface area (Å²) in [6.07, 6.45) is 4.27. The lowest BCUT2D eigenvalue weighted by Crippen LogP contribution is -2.36. The molecule has 128 valence electrons. The third-order valence-electron chi connectivity index (χ3n) is 4.04. The van der Waals surface area contributed by atoms with Gasteiger partial charge in [0, 0.05) is 37.1 Å². The number of morpholine rings is 1. The summed E-state index contributed by atoms with van der Waals surface area (Å²) in [5, 5.41) is 5.04. The number of thiophene rings is 1. The molecule has 0 atom stereocenters. The zero-order chi connectivity index (χ0) is 16.6. The minimum absolute atomic E-state index is 0.101. The Kier molecular flexibility index (Phi) is 6.20. The summed E-state index contributed by atoms with van der Waals surface area (Å²) in [7, 11) is 0. The van der Waals surface area contributed by atoms with Gasteiger partial charge in [0.2, 0.25) is 5.91 Å². The lowest BCUT2D eigenvalue weighted by molar-refractivity contribution is -0.121. The molecule has 6 heteroatoms. The fourth-order valence-electron chi connectivity index (χ4n) is 2.67. The van der Waals surface area contributed by atoms with E-state index in [2.05, 4.69) is 26.6 Å². The standard InChI is InChI=1S/C18H23N3O2S/c22-18(5-1-3-16-4-2-12-24-16)20-14-15-6-7-17(19-13-15)21-8-10-23-11-9-21/h2,4,6-7,12-13H,1,3,5,8-11,14H2,(H,20,22). The maximum Gasteiger partial charge on any atom is 0.220 e. The van der Waals surface area contributed by atoms with E-state index in [1.165, 1.54) is 4.88 Å². The number of rotatable bonds is 7. The van der Waals surface area contributed by atoms with E-state index in [-0.39, 0.29) is 5.91 Å². The molecule has 1 amide bonds. The molecule has 2 aromatic rings. The number of anilines is 1. The Balaban J connectivity index is 1.38. The van der Waals surface area contributed by atoms with E-state index in [1.54, 1.807) is 11.3 Å². The second-order valence-electron chi connectivity index (χ2n) is 5.83. The zero-order valence-corrected chi connectivity index (χ0v) is 14.6. The van der Waals surface area contributed by atoms with E-state index in [9.17, 15) is 4.79 Å². The summed E-state index contributed by atoms with van der Waals surface area (Å²) >= 11 is 1.75. The van der Waals surface area contributed by atoms with Crippen molar-refractivity contribution < 1.29 is 9.53 Å². The van der Waals surface area contributed by atoms with Crippen molar-refractivity contribution in [1.29, 1.82) is 0 Å². The molecule has 1 aliphatic heterocycles. The van der Waals surface area contributed by atoms with Gasteiger partial charge in [-0.1, -0.05) is 12.1 Å². The van der Waals surface area contributed by atoms with E-state index in [1.807, 2.05) is 24.4 Å². The highest BCUT2D eigenvalue weighted by atomic mass is 32.1. The van der Waals surface area contributed by atoms with Crippen LogP contribution in [0.3, 0.4) is 0 Å². The van der Waals surface area contributed by atoms with Gasteiger partial charge in [-0.15, -0.1) is 11.3 Å². The van der Waals surface area contributed by atoms with E-state index in [0.717, 1.165) is 50.5 Å². The van der Waals surface area contributed by atoms with Crippen LogP contribution in [0.5, 0.6) is 0 Å². The second kappa shape index (κ2) is 8.80. The van der Waals surface area contributed by atoms with Gasteiger partial charge in [-0.2, -0.15) is 0 Å². The molecule has 0 saturated carbocycles. The van der Waals surface area contributed by atoms with Crippen molar-refractivity contribution >= 4 is 23.1 Å². The predicted molar refractivity (Wildman–Crippen MR) is 96.4 cm³/mol. The third kappa shape index (κ3) is 5.04. The molecule has 0 aliphatic carbocycles. The molecule has 0 radical (unpaired) electrons. The number of hydrogen-bond acceptors (Lipinski definition) is 5. The number of hydrogen-bond donors (Lipinski definition) is 1. The average Bonchev–Trinajstić information content (AvgIpc) is 3.15. The minimum atomic E-state index is 0.101. The molecular weight excluding hydrogens is 322 g/mol. The number of aryl methyl sites for hydroxylation is 1. The molecule has 24 heavy (non-hydrogen) atoms. The first-order valence-electron chi connectivity index (χ1n) is 8.38. The molecule has 0 bridgehead atoms. The molecule has 3 heterocycles. The average molecular weight is 345 g/mol. The van der Waals surface area contributed by atoms with Gasteiger partial charge in [-0.05, 0) is 35.9 Å². The molecule has 3 rings (SSSR count). The van der Waals surface area contributed by atoms with Gasteiger partial charge in [0.05, 0.1) is 13.2 Å². The largest absolute Gasteiger partial charge is 0.378 e. The van der Waals surface area contributed by atoms with Crippen LogP contribution in [0.4, 0.5) is 5.82 Å². The minimum Gasteiger partial charge on any atom is -0.378 e. The van der Waals surface area contributed by atoms with Gasteiger partial charge in [0.15, 0.2) is 0 Å². The Morgan fingerprint density at radius 3 is 2.88 bits per heavy atom. The van der Waals surface area contributed by atoms with Crippen molar-refractivity contribution in [2.45, 2.75) is 25.8 Å². The highest BCUT2D eigenvalue weighted by Gasteiger charge is 2.12. The van der Waals surface area contributed by atoms with Crippen molar-refractivity contribution in [3.8, 4) is 0 Å². The first-order valence-corrected chi connectivity index (χ1v) is 9.26. The molecule has 1 fully saturated rings. The molecular formula is C18H23N3O2S. The van der Waals surface area contributed by atoms with Gasteiger partial charge in [0.25, 0.3) is 0 Å². The van der Waals surface area contributed by atoms with Crippen LogP contribution < -0.4 is 10.2 Å². The van der Waals surface area contributed by atoms with E-state index in [4.69, 9.17) is 4.74 Å². The van der Waals surface area contributed by atoms with E-state index < -0.39 is 0 Å². The summed E-state index contributed by atoms with van der Waals surface area (Å²) in [5.41, 5.74) is 1.03. The number of amides is 1. The van der Waals surface area contributed by atoms with Crippen LogP contribution in [0.15, 0.2) is 35.8 Å². The third-order valence-corrected chi connectivity index (χ3v) is 4.98. The smallest absolute Gasteiger partial charge is 0.220 e. The number of pyridine rings is 1. The summed E-state index contributed by atoms with van der Waals surface area (Å²) in [6.45, 7) is 3.81. The van der Waals surface area contributed by atoms with Gasteiger partial charge in [-0.25, -0.2) is 4.98 Å². The van der Waals surface area contributed by atoms with Crippen LogP contribution in [0.1, 0.15) is 23.3 Å². The Hall–Kier alpha value is -1.92. The molecule has 0 aromatic carbocycles. The highest BCUT2D eigenvalue weighted by Crippen LogP contribution is 2.13. The molecule has 1 aliphatic rings. The Morgan fingerprint density at radius 2 is 2.17 bits per heavy atom. The number of carbonyl (C=O) groups excluding carboxylic acids is 1. The van der Waals surface area contributed by atoms with Gasteiger partial charge >= 0.3 is 0 Å². The molecule has 0 spiro atoms. The molecule has 5 nitrogen and oxygen atoms in total. The molecule has 1 N–H and O–H groups in total. The number of nitrogens with one attached hydrogen (secondary N) is 1. The first kappa shape index (κ1) is 16.9. The van der Waals surface area contributed by atoms with Crippen molar-refractivity contribution in [1.82, 2.24) is 10.3 Å². The Morgan fingerprint density at radius 1 is 1.29 bits per heavy atom. The van der Waals surface area contributed by atoms with Crippen molar-refractivity contribution in [2.24, 2.45) is 0 Å². The van der Waals surface area contributed by atoms with Crippen molar-refractivity contribution in [3.05, 3.63) is 46.3 Å². The summed E-state index contributed by atoms with van der Waals surface area (Å²) in [4.78, 5) is 20.0. The van der Waals surface area contributed by atoms with E-state index >= 15 is 0 Å². The Bertz CT molecular complexity index is 622. The van der Waals surface area contributed by atoms with Crippen molar-refractivity contribution in [3.63, 3.8) is 0 Å². The topological polar surface area (TPSA) is 54.5 Å². The number of aromatic nitrogens is 1. The number of nitrogens with zero attached hydrogens (tertiary/aromatic N) is 2. The second-order valence-corrected chi connectivity index (χ2v) is 6.87. The Labute approximate surface area is 146 Å². The fraction of sp³-hybridized carbons (Fsp3) is 0.444. The lowest BCUT2D eigenvalue weighted by Gasteiger charge is -2.27. The molecule has 0 unspecified atom stereocenters. The lowest BCUT2D eigenvalue weighted by atomic mass is 10.2. The van der Waals surface area contributed by atoms with Crippen molar-refractivity contribution in [2.75, 3.05) is 31.2 Å². The monoisotopic (exact) mass is 345 g/mol. The highest BCUT2D eigenvalue weighted by molar-refractivity contribution is 7.09. The number of carbonyl (C=O) groups is 1. The molecule has 2 aromatic heterocycles. The fourth-order valence-corrected chi connectivity index (χ4v) is 3.42. The van der Waals surface area contributed by atoms with Crippen LogP contribution >= 0.6 is 11.3 Å². The maximum atomic E-state index is 11.9. The SMILES string of the molecule is O=C(CCCc1cccs1)NCc1ccc(N2CCOCC2)nc1. The first-order chi connectivity index (χ1) is 11.8. The quantitative estimate of drug-likeness (QED) is 0.838. The van der Waals surface area contributed by atoms with Crippen LogP contribution in [-0.2, 0) is 22.5 Å². The normalized spacial score (nSPS) is 14.6.